The summed E-state index contributed by atoms with van der Waals surface area (Å²) >= 11 is 0. The number of hydrogen-bond acceptors (Lipinski definition) is 3. The maximum atomic E-state index is 2.28. The van der Waals surface area contributed by atoms with Gasteiger partial charge in [-0.15, -0.1) is 0 Å². The van der Waals surface area contributed by atoms with Gasteiger partial charge in [0.15, 0.2) is 0 Å². The summed E-state index contributed by atoms with van der Waals surface area (Å²) in [6, 6.07) is 0. The van der Waals surface area contributed by atoms with Gasteiger partial charge in [-0.2, -0.15) is 0 Å². The lowest BCUT2D eigenvalue weighted by Crippen LogP contribution is -2.56. The van der Waals surface area contributed by atoms with Crippen molar-refractivity contribution in [2.75, 3.05) is 0 Å². The molecule has 0 atom stereocenters. The van der Waals surface area contributed by atoms with Crippen molar-refractivity contribution in [3.05, 3.63) is 36.8 Å². The highest BCUT2D eigenvalue weighted by molar-refractivity contribution is 6.65. The summed E-state index contributed by atoms with van der Waals surface area (Å²) in [5, 5.41) is 0. The molecular formula is C9H18B3N3. The molecule has 1 rings (SSSR count). The van der Waals surface area contributed by atoms with E-state index in [9.17, 15) is 0 Å². The molecule has 3 nitrogen and oxygen atoms in total. The van der Waals surface area contributed by atoms with E-state index < -0.39 is 0 Å². The third-order valence-electron chi connectivity index (χ3n) is 2.17. The van der Waals surface area contributed by atoms with E-state index in [1.54, 1.807) is 0 Å². The summed E-state index contributed by atoms with van der Waals surface area (Å²) in [7, 11) is 2.88. The fraction of sp³-hybridized carbons (Fsp3) is 0.333. The second kappa shape index (κ2) is 6.33. The molecule has 1 saturated heterocycles. The lowest BCUT2D eigenvalue weighted by Gasteiger charge is -2.38. The summed E-state index contributed by atoms with van der Waals surface area (Å²) in [5.41, 5.74) is 0. The smallest absolute Gasteiger partial charge is 0.332 e. The fourth-order valence-electron chi connectivity index (χ4n) is 1.75. The van der Waals surface area contributed by atoms with E-state index in [0.29, 0.717) is 0 Å². The maximum Gasteiger partial charge on any atom is 0.332 e. The molecule has 0 bridgehead atoms. The second-order valence-corrected chi connectivity index (χ2v) is 3.64. The van der Waals surface area contributed by atoms with Gasteiger partial charge in [0.25, 0.3) is 0 Å². The van der Waals surface area contributed by atoms with Crippen molar-refractivity contribution in [3.63, 3.8) is 0 Å². The molecule has 0 radical (unpaired) electrons. The summed E-state index contributed by atoms with van der Waals surface area (Å²) in [6.07, 6.45) is 12.6. The summed E-state index contributed by atoms with van der Waals surface area (Å²) in [4.78, 5) is 0. The maximum absolute atomic E-state index is 2.28. The fourth-order valence-corrected chi connectivity index (χ4v) is 1.75. The van der Waals surface area contributed by atoms with Crippen LogP contribution in [0.1, 0.15) is 20.8 Å². The van der Waals surface area contributed by atoms with E-state index >= 15 is 0 Å². The molecule has 0 amide bonds. The van der Waals surface area contributed by atoms with Crippen molar-refractivity contribution in [1.82, 2.24) is 14.2 Å². The first-order chi connectivity index (χ1) is 7.30. The van der Waals surface area contributed by atoms with Gasteiger partial charge in [-0.25, -0.2) is 0 Å². The van der Waals surface area contributed by atoms with E-state index in [-0.39, 0.29) is 0 Å². The Balaban J connectivity index is 2.63. The average molecular weight is 201 g/mol. The van der Waals surface area contributed by atoms with Crippen LogP contribution >= 0.6 is 0 Å². The predicted octanol–water partition coefficient (Wildman–Crippen LogP) is 0.306. The molecule has 0 aromatic heterocycles. The van der Waals surface area contributed by atoms with Crippen molar-refractivity contribution in [2.24, 2.45) is 0 Å². The van der Waals surface area contributed by atoms with E-state index in [4.69, 9.17) is 0 Å². The van der Waals surface area contributed by atoms with Crippen molar-refractivity contribution in [3.8, 4) is 0 Å². The van der Waals surface area contributed by atoms with Gasteiger partial charge in [0.1, 0.15) is 0 Å². The predicted molar refractivity (Wildman–Crippen MR) is 71.4 cm³/mol. The van der Waals surface area contributed by atoms with Crippen molar-refractivity contribution < 1.29 is 0 Å². The molecule has 1 aliphatic heterocycles. The minimum Gasteiger partial charge on any atom is -0.437 e. The molecule has 6 heteroatoms. The van der Waals surface area contributed by atoms with Crippen LogP contribution in [0.15, 0.2) is 36.8 Å². The Morgan fingerprint density at radius 2 is 0.867 bits per heavy atom. The molecule has 0 N–H and O–H groups in total. The Hall–Kier alpha value is -1.19. The highest BCUT2D eigenvalue weighted by Crippen LogP contribution is 2.03. The summed E-state index contributed by atoms with van der Waals surface area (Å²) in [6.45, 7) is 6.15. The van der Waals surface area contributed by atoms with Gasteiger partial charge in [-0.05, 0) is 39.4 Å². The molecular weight excluding hydrogens is 183 g/mol. The number of rotatable bonds is 3. The van der Waals surface area contributed by atoms with Crippen molar-refractivity contribution in [1.29, 1.82) is 0 Å². The van der Waals surface area contributed by atoms with Crippen molar-refractivity contribution >= 4 is 22.6 Å². The van der Waals surface area contributed by atoms with Crippen LogP contribution in [-0.4, -0.2) is 36.8 Å². The molecule has 15 heavy (non-hydrogen) atoms. The molecule has 78 valence electrons. The van der Waals surface area contributed by atoms with Crippen LogP contribution in [0, 0.1) is 0 Å². The Morgan fingerprint density at radius 1 is 0.600 bits per heavy atom. The van der Waals surface area contributed by atoms with Crippen LogP contribution in [0.2, 0.25) is 0 Å². The van der Waals surface area contributed by atoms with Gasteiger partial charge in [0, 0.05) is 0 Å². The summed E-state index contributed by atoms with van der Waals surface area (Å²) in [5.74, 6) is 0. The average Bonchev–Trinajstić information content (AvgIpc) is 2.19. The van der Waals surface area contributed by atoms with Crippen LogP contribution in [0.4, 0.5) is 0 Å². The number of allylic oxidation sites excluding steroid dienone is 3. The Kier molecular flexibility index (Phi) is 5.01. The first-order valence-electron chi connectivity index (χ1n) is 5.40. The zero-order valence-corrected chi connectivity index (χ0v) is 9.93. The van der Waals surface area contributed by atoms with Crippen LogP contribution < -0.4 is 0 Å². The lowest BCUT2D eigenvalue weighted by atomic mass is 9.75. The van der Waals surface area contributed by atoms with E-state index in [2.05, 4.69) is 71.8 Å². The zero-order chi connectivity index (χ0) is 11.1. The first-order valence-corrected chi connectivity index (χ1v) is 5.40. The summed E-state index contributed by atoms with van der Waals surface area (Å²) < 4.78 is 6.84. The zero-order valence-electron chi connectivity index (χ0n) is 9.93. The number of nitrogens with zero attached hydrogens (tertiary/aromatic N) is 3. The third-order valence-corrected chi connectivity index (χ3v) is 2.17. The van der Waals surface area contributed by atoms with Gasteiger partial charge < -0.3 is 14.2 Å². The van der Waals surface area contributed by atoms with Crippen LogP contribution in [0.25, 0.3) is 0 Å². The quantitative estimate of drug-likeness (QED) is 0.608. The minimum atomic E-state index is 0.961. The highest BCUT2D eigenvalue weighted by Gasteiger charge is 2.21. The monoisotopic (exact) mass is 201 g/mol. The molecule has 0 spiro atoms. The van der Waals surface area contributed by atoms with Gasteiger partial charge in [0.2, 0.25) is 0 Å². The number of hydrogen-bond donors (Lipinski definition) is 0. The topological polar surface area (TPSA) is 9.72 Å². The largest absolute Gasteiger partial charge is 0.437 e. The Labute approximate surface area is 95.0 Å². The minimum absolute atomic E-state index is 0.961. The van der Waals surface area contributed by atoms with Gasteiger partial charge in [-0.3, -0.25) is 0 Å². The molecule has 0 aromatic carbocycles. The van der Waals surface area contributed by atoms with Crippen LogP contribution in [0.5, 0.6) is 0 Å². The Morgan fingerprint density at radius 3 is 1.07 bits per heavy atom. The molecule has 1 aliphatic rings. The van der Waals surface area contributed by atoms with Gasteiger partial charge >= 0.3 is 22.6 Å². The van der Waals surface area contributed by atoms with E-state index in [0.717, 1.165) is 22.6 Å². The van der Waals surface area contributed by atoms with Gasteiger partial charge in [-0.1, -0.05) is 18.2 Å². The molecule has 0 aromatic rings. The molecule has 0 saturated carbocycles. The highest BCUT2D eigenvalue weighted by atomic mass is 15.2. The van der Waals surface area contributed by atoms with E-state index in [1.807, 2.05) is 0 Å². The molecule has 1 fully saturated rings. The van der Waals surface area contributed by atoms with E-state index in [1.165, 1.54) is 0 Å². The normalized spacial score (nSPS) is 17.4. The molecule has 1 heterocycles. The third kappa shape index (κ3) is 3.82. The molecule has 0 aliphatic carbocycles. The standard InChI is InChI=1S/C9H18B3N3/c1-4-7-13-10-14(8-5-2)12-15(11-13)9-6-3/h4-12H,1-3H3. The first kappa shape index (κ1) is 11.9. The second-order valence-electron chi connectivity index (χ2n) is 3.64. The van der Waals surface area contributed by atoms with Gasteiger partial charge in [0.05, 0.1) is 0 Å². The lowest BCUT2D eigenvalue weighted by molar-refractivity contribution is 0.672. The SMILES string of the molecule is CC=CN1BN(C=CC)BN(C=CC)B1. The van der Waals surface area contributed by atoms with Crippen LogP contribution in [0.3, 0.4) is 0 Å². The Bertz CT molecular complexity index is 217. The van der Waals surface area contributed by atoms with Crippen molar-refractivity contribution in [2.45, 2.75) is 20.8 Å². The van der Waals surface area contributed by atoms with Crippen LogP contribution in [-0.2, 0) is 0 Å². The molecule has 0 unspecified atom stereocenters.